The Labute approximate surface area is 200 Å². The number of likely N-dealkylation sites (N-methyl/N-ethyl adjacent to an activating group) is 1. The Morgan fingerprint density at radius 2 is 1.62 bits per heavy atom. The first-order valence-corrected chi connectivity index (χ1v) is 11.8. The molecule has 0 heterocycles. The van der Waals surface area contributed by atoms with E-state index in [0.29, 0.717) is 0 Å². The van der Waals surface area contributed by atoms with Crippen LogP contribution in [-0.2, 0) is 14.3 Å². The SMILES string of the molecule is CN(C(=O)C(CNC(=O)OCC1c2ccccc2-c2ccccc21)C1CCC1)C(C)(C)C(=O)O. The van der Waals surface area contributed by atoms with Crippen LogP contribution >= 0.6 is 0 Å². The average molecular weight is 465 g/mol. The molecule has 2 aromatic carbocycles. The van der Waals surface area contributed by atoms with Crippen molar-refractivity contribution >= 4 is 18.0 Å². The monoisotopic (exact) mass is 464 g/mol. The van der Waals surface area contributed by atoms with E-state index in [-0.39, 0.29) is 30.9 Å². The van der Waals surface area contributed by atoms with Crippen molar-refractivity contribution in [3.05, 3.63) is 59.7 Å². The molecule has 2 amide bonds. The Morgan fingerprint density at radius 3 is 2.12 bits per heavy atom. The van der Waals surface area contributed by atoms with Crippen LogP contribution in [0.15, 0.2) is 48.5 Å². The quantitative estimate of drug-likeness (QED) is 0.609. The van der Waals surface area contributed by atoms with E-state index in [1.807, 2.05) is 24.3 Å². The second kappa shape index (κ2) is 9.49. The summed E-state index contributed by atoms with van der Waals surface area (Å²) in [6.45, 7) is 3.34. The van der Waals surface area contributed by atoms with Gasteiger partial charge in [-0.05, 0) is 54.9 Å². The third-order valence-electron chi connectivity index (χ3n) is 7.54. The van der Waals surface area contributed by atoms with E-state index in [4.69, 9.17) is 4.74 Å². The highest BCUT2D eigenvalue weighted by Crippen LogP contribution is 2.44. The number of carboxylic acid groups (broad SMARTS) is 1. The van der Waals surface area contributed by atoms with E-state index in [1.165, 1.54) is 25.8 Å². The standard InChI is InChI=1S/C27H32N2O5/c1-27(2,25(31)32)29(3)24(30)22(17-9-8-10-17)15-28-26(33)34-16-23-20-13-6-4-11-18(20)19-12-5-7-14-21(19)23/h4-7,11-14,17,22-23H,8-10,15-16H2,1-3H3,(H,28,33)(H,31,32). The zero-order valence-electron chi connectivity index (χ0n) is 19.9. The Kier molecular flexibility index (Phi) is 6.64. The summed E-state index contributed by atoms with van der Waals surface area (Å²) in [5, 5.41) is 12.3. The molecule has 2 N–H and O–H groups in total. The second-order valence-electron chi connectivity index (χ2n) is 9.77. The summed E-state index contributed by atoms with van der Waals surface area (Å²) in [6.07, 6.45) is 2.25. The number of alkyl carbamates (subject to hydrolysis) is 1. The number of hydrogen-bond donors (Lipinski definition) is 2. The fraction of sp³-hybridized carbons (Fsp3) is 0.444. The lowest BCUT2D eigenvalue weighted by Gasteiger charge is -2.39. The van der Waals surface area contributed by atoms with Crippen molar-refractivity contribution in [2.75, 3.05) is 20.2 Å². The summed E-state index contributed by atoms with van der Waals surface area (Å²) in [6, 6.07) is 16.3. The second-order valence-corrected chi connectivity index (χ2v) is 9.77. The molecule has 4 rings (SSSR count). The van der Waals surface area contributed by atoms with E-state index in [1.54, 1.807) is 0 Å². The molecule has 34 heavy (non-hydrogen) atoms. The van der Waals surface area contributed by atoms with Crippen molar-refractivity contribution < 1.29 is 24.2 Å². The van der Waals surface area contributed by atoms with Crippen LogP contribution in [0.2, 0.25) is 0 Å². The number of amides is 2. The van der Waals surface area contributed by atoms with Gasteiger partial charge < -0.3 is 20.1 Å². The average Bonchev–Trinajstić information content (AvgIpc) is 3.11. The van der Waals surface area contributed by atoms with Gasteiger partial charge in [0.05, 0.1) is 5.92 Å². The summed E-state index contributed by atoms with van der Waals surface area (Å²) in [7, 11) is 1.51. The van der Waals surface area contributed by atoms with Crippen LogP contribution in [0.5, 0.6) is 0 Å². The minimum Gasteiger partial charge on any atom is -0.480 e. The van der Waals surface area contributed by atoms with Crippen LogP contribution in [0.3, 0.4) is 0 Å². The maximum absolute atomic E-state index is 13.2. The van der Waals surface area contributed by atoms with Crippen LogP contribution in [0.1, 0.15) is 50.2 Å². The normalized spacial score (nSPS) is 16.1. The van der Waals surface area contributed by atoms with Crippen molar-refractivity contribution in [3.63, 3.8) is 0 Å². The van der Waals surface area contributed by atoms with Crippen molar-refractivity contribution in [2.24, 2.45) is 11.8 Å². The largest absolute Gasteiger partial charge is 0.480 e. The van der Waals surface area contributed by atoms with Gasteiger partial charge in [0.25, 0.3) is 0 Å². The highest BCUT2D eigenvalue weighted by atomic mass is 16.5. The number of ether oxygens (including phenoxy) is 1. The molecule has 1 saturated carbocycles. The number of benzene rings is 2. The lowest BCUT2D eigenvalue weighted by atomic mass is 9.75. The predicted molar refractivity (Wildman–Crippen MR) is 128 cm³/mol. The van der Waals surface area contributed by atoms with Gasteiger partial charge in [0.1, 0.15) is 12.1 Å². The van der Waals surface area contributed by atoms with Gasteiger partial charge in [-0.1, -0.05) is 55.0 Å². The number of fused-ring (bicyclic) bond motifs is 3. The topological polar surface area (TPSA) is 95.9 Å². The minimum absolute atomic E-state index is 0.0373. The third kappa shape index (κ3) is 4.39. The molecule has 2 aliphatic carbocycles. The molecule has 0 saturated heterocycles. The van der Waals surface area contributed by atoms with Crippen LogP contribution in [-0.4, -0.2) is 53.7 Å². The Balaban J connectivity index is 1.39. The highest BCUT2D eigenvalue weighted by Gasteiger charge is 2.41. The fourth-order valence-electron chi connectivity index (χ4n) is 4.81. The molecule has 0 radical (unpaired) electrons. The first kappa shape index (κ1) is 23.8. The van der Waals surface area contributed by atoms with Gasteiger partial charge in [-0.25, -0.2) is 9.59 Å². The van der Waals surface area contributed by atoms with E-state index in [9.17, 15) is 19.5 Å². The van der Waals surface area contributed by atoms with Crippen molar-refractivity contribution in [3.8, 4) is 11.1 Å². The summed E-state index contributed by atoms with van der Waals surface area (Å²) < 4.78 is 5.60. The molecule has 1 unspecified atom stereocenters. The minimum atomic E-state index is -1.33. The smallest absolute Gasteiger partial charge is 0.407 e. The Hall–Kier alpha value is -3.35. The summed E-state index contributed by atoms with van der Waals surface area (Å²) >= 11 is 0. The predicted octanol–water partition coefficient (Wildman–Crippen LogP) is 4.26. The third-order valence-corrected chi connectivity index (χ3v) is 7.54. The molecule has 1 atom stereocenters. The maximum atomic E-state index is 13.2. The molecule has 180 valence electrons. The van der Waals surface area contributed by atoms with E-state index in [2.05, 4.69) is 29.6 Å². The van der Waals surface area contributed by atoms with Gasteiger partial charge in [-0.3, -0.25) is 4.79 Å². The van der Waals surface area contributed by atoms with Gasteiger partial charge in [-0.15, -0.1) is 0 Å². The molecule has 2 aliphatic rings. The molecule has 0 aliphatic heterocycles. The van der Waals surface area contributed by atoms with E-state index in [0.717, 1.165) is 41.5 Å². The van der Waals surface area contributed by atoms with Crippen LogP contribution in [0.4, 0.5) is 4.79 Å². The zero-order valence-corrected chi connectivity index (χ0v) is 19.9. The molecule has 0 bridgehead atoms. The van der Waals surface area contributed by atoms with Crippen LogP contribution in [0.25, 0.3) is 11.1 Å². The molecular weight excluding hydrogens is 432 g/mol. The molecule has 7 nitrogen and oxygen atoms in total. The first-order chi connectivity index (χ1) is 16.2. The van der Waals surface area contributed by atoms with Gasteiger partial charge in [0, 0.05) is 19.5 Å². The Bertz CT molecular complexity index is 1050. The van der Waals surface area contributed by atoms with E-state index >= 15 is 0 Å². The number of nitrogens with one attached hydrogen (secondary N) is 1. The highest BCUT2D eigenvalue weighted by molar-refractivity contribution is 5.88. The summed E-state index contributed by atoms with van der Waals surface area (Å²) in [5.41, 5.74) is 3.26. The van der Waals surface area contributed by atoms with Crippen LogP contribution in [0, 0.1) is 11.8 Å². The molecule has 7 heteroatoms. The summed E-state index contributed by atoms with van der Waals surface area (Å²) in [4.78, 5) is 38.6. The number of carbonyl (C=O) groups excluding carboxylic acids is 2. The van der Waals surface area contributed by atoms with E-state index < -0.39 is 23.5 Å². The van der Waals surface area contributed by atoms with Gasteiger partial charge in [0.2, 0.25) is 5.91 Å². The van der Waals surface area contributed by atoms with Crippen LogP contribution < -0.4 is 5.32 Å². The lowest BCUT2D eigenvalue weighted by molar-refractivity contribution is -0.158. The van der Waals surface area contributed by atoms with Gasteiger partial charge in [0.15, 0.2) is 0 Å². The lowest BCUT2D eigenvalue weighted by Crippen LogP contribution is -2.55. The Morgan fingerprint density at radius 1 is 1.06 bits per heavy atom. The molecular formula is C27H32N2O5. The summed E-state index contributed by atoms with van der Waals surface area (Å²) in [5.74, 6) is -1.72. The number of aliphatic carboxylic acids is 1. The number of rotatable bonds is 8. The number of nitrogens with zero attached hydrogens (tertiary/aromatic N) is 1. The van der Waals surface area contributed by atoms with Gasteiger partial charge in [-0.2, -0.15) is 0 Å². The number of carbonyl (C=O) groups is 3. The molecule has 0 spiro atoms. The first-order valence-electron chi connectivity index (χ1n) is 11.8. The number of carboxylic acids is 1. The van der Waals surface area contributed by atoms with Gasteiger partial charge >= 0.3 is 12.1 Å². The van der Waals surface area contributed by atoms with Crippen molar-refractivity contribution in [2.45, 2.75) is 44.6 Å². The van der Waals surface area contributed by atoms with Crippen molar-refractivity contribution in [1.82, 2.24) is 10.2 Å². The molecule has 1 fully saturated rings. The zero-order chi connectivity index (χ0) is 24.5. The number of hydrogen-bond acceptors (Lipinski definition) is 4. The maximum Gasteiger partial charge on any atom is 0.407 e. The molecule has 0 aromatic heterocycles. The van der Waals surface area contributed by atoms with Crippen molar-refractivity contribution in [1.29, 1.82) is 0 Å². The fourth-order valence-corrected chi connectivity index (χ4v) is 4.81. The molecule has 2 aromatic rings.